The monoisotopic (exact) mass is 278 g/mol. The van der Waals surface area contributed by atoms with Gasteiger partial charge >= 0.3 is 0 Å². The SMILES string of the molecule is CCCNc1cc(NCC2CCCCC2CO)ncn1. The number of nitrogens with one attached hydrogen (secondary N) is 2. The van der Waals surface area contributed by atoms with Gasteiger partial charge in [-0.2, -0.15) is 0 Å². The first-order valence-corrected chi connectivity index (χ1v) is 7.74. The second-order valence-corrected chi connectivity index (χ2v) is 5.58. The Balaban J connectivity index is 1.86. The van der Waals surface area contributed by atoms with E-state index in [0.717, 1.165) is 37.6 Å². The molecule has 2 rings (SSSR count). The van der Waals surface area contributed by atoms with Crippen molar-refractivity contribution < 1.29 is 5.11 Å². The third kappa shape index (κ3) is 4.34. The summed E-state index contributed by atoms with van der Waals surface area (Å²) >= 11 is 0. The summed E-state index contributed by atoms with van der Waals surface area (Å²) in [5.74, 6) is 2.72. The van der Waals surface area contributed by atoms with Crippen molar-refractivity contribution in [2.24, 2.45) is 11.8 Å². The predicted octanol–water partition coefficient (Wildman–Crippen LogP) is 2.51. The second-order valence-electron chi connectivity index (χ2n) is 5.58. The number of aliphatic hydroxyl groups excluding tert-OH is 1. The fraction of sp³-hybridized carbons (Fsp3) is 0.733. The normalized spacial score (nSPS) is 22.5. The number of anilines is 2. The summed E-state index contributed by atoms with van der Waals surface area (Å²) in [6, 6.07) is 1.95. The van der Waals surface area contributed by atoms with Crippen molar-refractivity contribution in [3.8, 4) is 0 Å². The smallest absolute Gasteiger partial charge is 0.131 e. The van der Waals surface area contributed by atoms with Gasteiger partial charge < -0.3 is 15.7 Å². The van der Waals surface area contributed by atoms with E-state index in [1.165, 1.54) is 19.3 Å². The van der Waals surface area contributed by atoms with E-state index in [-0.39, 0.29) is 0 Å². The van der Waals surface area contributed by atoms with Crippen molar-refractivity contribution in [3.05, 3.63) is 12.4 Å². The lowest BCUT2D eigenvalue weighted by atomic mass is 9.79. The molecule has 1 aromatic heterocycles. The van der Waals surface area contributed by atoms with Gasteiger partial charge in [0.2, 0.25) is 0 Å². The van der Waals surface area contributed by atoms with E-state index in [9.17, 15) is 5.11 Å². The van der Waals surface area contributed by atoms with Crippen LogP contribution in [-0.4, -0.2) is 34.8 Å². The van der Waals surface area contributed by atoms with Gasteiger partial charge in [0.25, 0.3) is 0 Å². The molecule has 0 saturated heterocycles. The summed E-state index contributed by atoms with van der Waals surface area (Å²) in [4.78, 5) is 8.46. The molecule has 1 aliphatic carbocycles. The molecule has 5 heteroatoms. The second kappa shape index (κ2) is 8.04. The first-order chi connectivity index (χ1) is 9.83. The summed E-state index contributed by atoms with van der Waals surface area (Å²) in [5.41, 5.74) is 0. The van der Waals surface area contributed by atoms with Crippen molar-refractivity contribution in [1.29, 1.82) is 0 Å². The lowest BCUT2D eigenvalue weighted by Crippen LogP contribution is -2.28. The first-order valence-electron chi connectivity index (χ1n) is 7.74. The van der Waals surface area contributed by atoms with Crippen LogP contribution in [0.1, 0.15) is 39.0 Å². The number of hydrogen-bond acceptors (Lipinski definition) is 5. The third-order valence-corrected chi connectivity index (χ3v) is 4.07. The molecule has 0 spiro atoms. The molecule has 0 bridgehead atoms. The minimum atomic E-state index is 0.305. The van der Waals surface area contributed by atoms with Crippen LogP contribution in [0.5, 0.6) is 0 Å². The Hall–Kier alpha value is -1.36. The van der Waals surface area contributed by atoms with Crippen molar-refractivity contribution in [2.45, 2.75) is 39.0 Å². The molecule has 2 unspecified atom stereocenters. The number of aromatic nitrogens is 2. The highest BCUT2D eigenvalue weighted by atomic mass is 16.3. The zero-order valence-corrected chi connectivity index (χ0v) is 12.3. The highest BCUT2D eigenvalue weighted by Crippen LogP contribution is 2.29. The summed E-state index contributed by atoms with van der Waals surface area (Å²) in [5, 5.41) is 16.1. The average molecular weight is 278 g/mol. The Morgan fingerprint density at radius 2 is 1.85 bits per heavy atom. The summed E-state index contributed by atoms with van der Waals surface area (Å²) in [6.07, 6.45) is 7.54. The van der Waals surface area contributed by atoms with Crippen LogP contribution in [0.2, 0.25) is 0 Å². The number of nitrogens with zero attached hydrogens (tertiary/aromatic N) is 2. The molecule has 0 amide bonds. The summed E-state index contributed by atoms with van der Waals surface area (Å²) in [6.45, 7) is 4.24. The van der Waals surface area contributed by atoms with Gasteiger partial charge in [-0.05, 0) is 31.1 Å². The average Bonchev–Trinajstić information content (AvgIpc) is 2.51. The molecule has 20 heavy (non-hydrogen) atoms. The molecule has 1 aromatic rings. The lowest BCUT2D eigenvalue weighted by molar-refractivity contribution is 0.141. The van der Waals surface area contributed by atoms with Gasteiger partial charge in [0.05, 0.1) is 0 Å². The van der Waals surface area contributed by atoms with E-state index < -0.39 is 0 Å². The maximum Gasteiger partial charge on any atom is 0.131 e. The molecular formula is C15H26N4O. The number of rotatable bonds is 7. The maximum absolute atomic E-state index is 9.44. The molecular weight excluding hydrogens is 252 g/mol. The summed E-state index contributed by atoms with van der Waals surface area (Å²) in [7, 11) is 0. The van der Waals surface area contributed by atoms with E-state index >= 15 is 0 Å². The Morgan fingerprint density at radius 1 is 1.15 bits per heavy atom. The minimum Gasteiger partial charge on any atom is -0.396 e. The van der Waals surface area contributed by atoms with Gasteiger partial charge in [-0.25, -0.2) is 9.97 Å². The van der Waals surface area contributed by atoms with Gasteiger partial charge in [-0.15, -0.1) is 0 Å². The number of hydrogen-bond donors (Lipinski definition) is 3. The molecule has 1 saturated carbocycles. The van der Waals surface area contributed by atoms with Gasteiger partial charge in [0, 0.05) is 25.8 Å². The lowest BCUT2D eigenvalue weighted by Gasteiger charge is -2.30. The molecule has 5 nitrogen and oxygen atoms in total. The fourth-order valence-electron chi connectivity index (χ4n) is 2.83. The zero-order valence-electron chi connectivity index (χ0n) is 12.3. The van der Waals surface area contributed by atoms with Crippen LogP contribution in [0.25, 0.3) is 0 Å². The van der Waals surface area contributed by atoms with Gasteiger partial charge in [-0.3, -0.25) is 0 Å². The topological polar surface area (TPSA) is 70.1 Å². The van der Waals surface area contributed by atoms with Crippen molar-refractivity contribution in [3.63, 3.8) is 0 Å². The highest BCUT2D eigenvalue weighted by molar-refractivity contribution is 5.46. The van der Waals surface area contributed by atoms with Crippen LogP contribution < -0.4 is 10.6 Å². The molecule has 112 valence electrons. The van der Waals surface area contributed by atoms with Gasteiger partial charge in [-0.1, -0.05) is 19.8 Å². The fourth-order valence-corrected chi connectivity index (χ4v) is 2.83. The van der Waals surface area contributed by atoms with E-state index in [2.05, 4.69) is 27.5 Å². The van der Waals surface area contributed by atoms with Crippen LogP contribution in [0, 0.1) is 11.8 Å². The van der Waals surface area contributed by atoms with Crippen LogP contribution >= 0.6 is 0 Å². The Kier molecular flexibility index (Phi) is 6.05. The third-order valence-electron chi connectivity index (χ3n) is 4.07. The molecule has 0 aliphatic heterocycles. The summed E-state index contributed by atoms with van der Waals surface area (Å²) < 4.78 is 0. The molecule has 0 radical (unpaired) electrons. The van der Waals surface area contributed by atoms with Crippen LogP contribution in [0.4, 0.5) is 11.6 Å². The van der Waals surface area contributed by atoms with Crippen molar-refractivity contribution in [1.82, 2.24) is 9.97 Å². The van der Waals surface area contributed by atoms with Crippen LogP contribution in [-0.2, 0) is 0 Å². The largest absolute Gasteiger partial charge is 0.396 e. The molecule has 1 fully saturated rings. The quantitative estimate of drug-likeness (QED) is 0.715. The Labute approximate surface area is 121 Å². The molecule has 1 heterocycles. The van der Waals surface area contributed by atoms with Gasteiger partial charge in [0.1, 0.15) is 18.0 Å². The molecule has 2 atom stereocenters. The van der Waals surface area contributed by atoms with E-state index in [0.29, 0.717) is 18.4 Å². The highest BCUT2D eigenvalue weighted by Gasteiger charge is 2.24. The van der Waals surface area contributed by atoms with E-state index in [4.69, 9.17) is 0 Å². The van der Waals surface area contributed by atoms with Crippen molar-refractivity contribution >= 4 is 11.6 Å². The van der Waals surface area contributed by atoms with E-state index in [1.807, 2.05) is 6.07 Å². The minimum absolute atomic E-state index is 0.305. The zero-order chi connectivity index (χ0) is 14.2. The Bertz CT molecular complexity index is 399. The number of aliphatic hydroxyl groups is 1. The Morgan fingerprint density at radius 3 is 2.55 bits per heavy atom. The van der Waals surface area contributed by atoms with Crippen molar-refractivity contribution in [2.75, 3.05) is 30.3 Å². The van der Waals surface area contributed by atoms with Gasteiger partial charge in [0.15, 0.2) is 0 Å². The maximum atomic E-state index is 9.44. The first kappa shape index (κ1) is 15.0. The van der Waals surface area contributed by atoms with Crippen LogP contribution in [0.15, 0.2) is 12.4 Å². The van der Waals surface area contributed by atoms with Crippen LogP contribution in [0.3, 0.4) is 0 Å². The molecule has 0 aromatic carbocycles. The predicted molar refractivity (Wildman–Crippen MR) is 81.8 cm³/mol. The molecule has 3 N–H and O–H groups in total. The standard InChI is InChI=1S/C15H26N4O/c1-2-7-16-14-8-15(19-11-18-14)17-9-12-5-3-4-6-13(12)10-20/h8,11-13,20H,2-7,9-10H2,1H3,(H2,16,17,18,19). The van der Waals surface area contributed by atoms with E-state index in [1.54, 1.807) is 6.33 Å². The molecule has 1 aliphatic rings.